The zero-order chi connectivity index (χ0) is 23.2. The van der Waals surface area contributed by atoms with Gasteiger partial charge in [0.05, 0.1) is 6.54 Å². The number of hydrogen-bond acceptors (Lipinski definition) is 4. The lowest BCUT2D eigenvalue weighted by Gasteiger charge is -2.55. The van der Waals surface area contributed by atoms with E-state index in [0.29, 0.717) is 17.7 Å². The van der Waals surface area contributed by atoms with E-state index in [2.05, 4.69) is 15.5 Å². The molecule has 8 heteroatoms. The van der Waals surface area contributed by atoms with E-state index in [1.807, 2.05) is 36.1 Å². The number of hydrogen-bond donors (Lipinski definition) is 2. The summed E-state index contributed by atoms with van der Waals surface area (Å²) in [5.74, 6) is -0.471. The zero-order valence-electron chi connectivity index (χ0n) is 18.7. The molecule has 3 aliphatic rings. The Morgan fingerprint density at radius 3 is 2.67 bits per heavy atom. The van der Waals surface area contributed by atoms with Crippen LogP contribution in [0.1, 0.15) is 24.0 Å². The molecule has 2 saturated heterocycles. The van der Waals surface area contributed by atoms with Gasteiger partial charge in [-0.3, -0.25) is 9.69 Å². The molecule has 0 bridgehead atoms. The highest BCUT2D eigenvalue weighted by atomic mass is 19.3. The number of carbonyl (C=O) groups excluding carboxylic acids is 1. The van der Waals surface area contributed by atoms with Gasteiger partial charge in [0, 0.05) is 47.6 Å². The average molecular weight is 459 g/mol. The number of fused-ring (bicyclic) bond motifs is 1. The van der Waals surface area contributed by atoms with E-state index in [1.54, 1.807) is 6.07 Å². The van der Waals surface area contributed by atoms with E-state index >= 15 is 0 Å². The summed E-state index contributed by atoms with van der Waals surface area (Å²) in [4.78, 5) is 17.0. The molecule has 0 aromatic heterocycles. The van der Waals surface area contributed by atoms with E-state index in [9.17, 15) is 18.0 Å². The molecule has 2 N–H and O–H groups in total. The lowest BCUT2D eigenvalue weighted by Crippen LogP contribution is -2.60. The number of nitrogens with zero attached hydrogens (tertiary/aromatic N) is 2. The van der Waals surface area contributed by atoms with Gasteiger partial charge in [0.15, 0.2) is 0 Å². The van der Waals surface area contributed by atoms with Gasteiger partial charge in [0.25, 0.3) is 6.43 Å². The van der Waals surface area contributed by atoms with Crippen molar-refractivity contribution in [3.8, 4) is 0 Å². The molecule has 3 heterocycles. The molecule has 3 aliphatic heterocycles. The van der Waals surface area contributed by atoms with Gasteiger partial charge in [-0.05, 0) is 62.7 Å². The van der Waals surface area contributed by atoms with Crippen LogP contribution in [0.15, 0.2) is 36.4 Å². The summed E-state index contributed by atoms with van der Waals surface area (Å²) in [5.41, 5.74) is 4.16. The number of halogens is 3. The largest absolute Gasteiger partial charge is 0.373 e. The molecule has 2 aromatic rings. The van der Waals surface area contributed by atoms with Crippen LogP contribution in [0, 0.1) is 18.2 Å². The Bertz CT molecular complexity index is 1010. The number of anilines is 3. The highest BCUT2D eigenvalue weighted by molar-refractivity contribution is 5.98. The zero-order valence-corrected chi connectivity index (χ0v) is 18.7. The Balaban J connectivity index is 1.17. The van der Waals surface area contributed by atoms with Gasteiger partial charge >= 0.3 is 0 Å². The van der Waals surface area contributed by atoms with Crippen molar-refractivity contribution in [3.63, 3.8) is 0 Å². The van der Waals surface area contributed by atoms with Crippen molar-refractivity contribution in [2.75, 3.05) is 48.3 Å². The fourth-order valence-electron chi connectivity index (χ4n) is 5.40. The first-order valence-corrected chi connectivity index (χ1v) is 11.5. The second-order valence-corrected chi connectivity index (χ2v) is 9.71. The third kappa shape index (κ3) is 4.40. The van der Waals surface area contributed by atoms with Crippen molar-refractivity contribution in [1.82, 2.24) is 4.90 Å². The molecule has 0 aliphatic carbocycles. The molecule has 2 aromatic carbocycles. The maximum atomic E-state index is 14.1. The van der Waals surface area contributed by atoms with Crippen molar-refractivity contribution in [2.24, 2.45) is 5.41 Å². The maximum Gasteiger partial charge on any atom is 0.251 e. The Morgan fingerprint density at radius 1 is 1.21 bits per heavy atom. The highest BCUT2D eigenvalue weighted by Gasteiger charge is 2.45. The molecule has 0 saturated carbocycles. The minimum atomic E-state index is -2.27. The first-order valence-electron chi connectivity index (χ1n) is 11.5. The van der Waals surface area contributed by atoms with E-state index in [4.69, 9.17) is 0 Å². The van der Waals surface area contributed by atoms with Gasteiger partial charge in [-0.2, -0.15) is 0 Å². The van der Waals surface area contributed by atoms with E-state index in [-0.39, 0.29) is 23.7 Å². The second-order valence-electron chi connectivity index (χ2n) is 9.71. The third-order valence-electron chi connectivity index (χ3n) is 7.35. The van der Waals surface area contributed by atoms with Crippen molar-refractivity contribution < 1.29 is 18.0 Å². The predicted octanol–water partition coefficient (Wildman–Crippen LogP) is 4.28. The van der Waals surface area contributed by atoms with Crippen LogP contribution in [-0.2, 0) is 11.2 Å². The van der Waals surface area contributed by atoms with Crippen LogP contribution in [0.3, 0.4) is 0 Å². The quantitative estimate of drug-likeness (QED) is 0.703. The van der Waals surface area contributed by atoms with Gasteiger partial charge in [-0.1, -0.05) is 12.1 Å². The molecule has 1 amide bonds. The van der Waals surface area contributed by atoms with Crippen LogP contribution < -0.4 is 15.5 Å². The lowest BCUT2D eigenvalue weighted by atomic mass is 9.71. The fourth-order valence-corrected chi connectivity index (χ4v) is 5.40. The van der Waals surface area contributed by atoms with Crippen molar-refractivity contribution in [2.45, 2.75) is 38.7 Å². The smallest absolute Gasteiger partial charge is 0.251 e. The number of amides is 1. The van der Waals surface area contributed by atoms with E-state index < -0.39 is 12.5 Å². The van der Waals surface area contributed by atoms with Gasteiger partial charge in [0.2, 0.25) is 5.91 Å². The summed E-state index contributed by atoms with van der Waals surface area (Å²) < 4.78 is 39.4. The summed E-state index contributed by atoms with van der Waals surface area (Å²) >= 11 is 0. The second kappa shape index (κ2) is 8.56. The fraction of sp³-hybridized carbons (Fsp3) is 0.480. The van der Waals surface area contributed by atoms with Gasteiger partial charge in [-0.25, -0.2) is 13.2 Å². The summed E-state index contributed by atoms with van der Waals surface area (Å²) in [6.07, 6.45) is -0.0647. The molecule has 0 radical (unpaired) electrons. The van der Waals surface area contributed by atoms with Crippen LogP contribution >= 0.6 is 0 Å². The lowest BCUT2D eigenvalue weighted by molar-refractivity contribution is -0.116. The number of carbonyl (C=O) groups is 1. The Kier molecular flexibility index (Phi) is 5.72. The molecular formula is C25H29F3N4O. The predicted molar refractivity (Wildman–Crippen MR) is 124 cm³/mol. The van der Waals surface area contributed by atoms with Crippen molar-refractivity contribution >= 4 is 23.0 Å². The Labute approximate surface area is 191 Å². The number of benzene rings is 2. The molecule has 1 spiro atoms. The normalized spacial score (nSPS) is 21.6. The molecular weight excluding hydrogens is 429 g/mol. The van der Waals surface area contributed by atoms with Crippen LogP contribution in [0.25, 0.3) is 0 Å². The summed E-state index contributed by atoms with van der Waals surface area (Å²) in [6, 6.07) is 10.4. The summed E-state index contributed by atoms with van der Waals surface area (Å²) in [5, 5.41) is 6.13. The molecule has 176 valence electrons. The number of rotatable bonds is 5. The van der Waals surface area contributed by atoms with Crippen LogP contribution in [0.2, 0.25) is 0 Å². The number of alkyl halides is 2. The number of nitrogens with one attached hydrogen (secondary N) is 2. The minimum Gasteiger partial charge on any atom is -0.373 e. The van der Waals surface area contributed by atoms with E-state index in [0.717, 1.165) is 56.0 Å². The van der Waals surface area contributed by atoms with E-state index in [1.165, 1.54) is 6.07 Å². The standard InChI is InChI=1S/C25H29F3N4O/c1-16-5-6-20(26)19-12-21(30-23(16)19)24(33)29-17-3-2-4-18(11-17)32-14-25(15-32)7-9-31(10-8-25)13-22(27)28/h2-6,11,21-22,30H,7-10,12-15H2,1H3,(H,29,33). The SMILES string of the molecule is Cc1ccc(F)c2c1NC(C(=O)Nc1cccc(N3CC4(CCN(CC(F)F)CC4)C3)c1)C2. The molecule has 1 unspecified atom stereocenters. The minimum absolute atomic E-state index is 0.130. The van der Waals surface area contributed by atoms with Crippen molar-refractivity contribution in [1.29, 1.82) is 0 Å². The first-order chi connectivity index (χ1) is 15.8. The summed E-state index contributed by atoms with van der Waals surface area (Å²) in [6.45, 7) is 5.04. The number of likely N-dealkylation sites (tertiary alicyclic amines) is 1. The van der Waals surface area contributed by atoms with Crippen LogP contribution in [0.5, 0.6) is 0 Å². The monoisotopic (exact) mass is 458 g/mol. The average Bonchev–Trinajstić information content (AvgIpc) is 3.22. The van der Waals surface area contributed by atoms with Crippen LogP contribution in [0.4, 0.5) is 30.2 Å². The van der Waals surface area contributed by atoms with Gasteiger partial charge < -0.3 is 15.5 Å². The highest BCUT2D eigenvalue weighted by Crippen LogP contribution is 2.43. The number of aryl methyl sites for hydroxylation is 1. The molecule has 2 fully saturated rings. The Morgan fingerprint density at radius 2 is 1.97 bits per heavy atom. The third-order valence-corrected chi connectivity index (χ3v) is 7.35. The summed E-state index contributed by atoms with van der Waals surface area (Å²) in [7, 11) is 0. The van der Waals surface area contributed by atoms with Crippen LogP contribution in [-0.4, -0.2) is 56.0 Å². The maximum absolute atomic E-state index is 14.1. The molecule has 5 nitrogen and oxygen atoms in total. The van der Waals surface area contributed by atoms with Gasteiger partial charge in [-0.15, -0.1) is 0 Å². The molecule has 1 atom stereocenters. The van der Waals surface area contributed by atoms with Crippen molar-refractivity contribution in [3.05, 3.63) is 53.3 Å². The number of piperidine rings is 1. The molecule has 5 rings (SSSR count). The topological polar surface area (TPSA) is 47.6 Å². The molecule has 33 heavy (non-hydrogen) atoms. The Hall–Kier alpha value is -2.74. The first kappa shape index (κ1) is 22.1. The van der Waals surface area contributed by atoms with Gasteiger partial charge in [0.1, 0.15) is 11.9 Å².